The number of anilines is 1. The fraction of sp³-hybridized carbons (Fsp3) is 0.688. The first-order valence-electron chi connectivity index (χ1n) is 12.4. The van der Waals surface area contributed by atoms with Gasteiger partial charge in [-0.1, -0.05) is 6.07 Å². The van der Waals surface area contributed by atoms with Crippen LogP contribution in [0.3, 0.4) is 0 Å². The molecule has 2 fully saturated rings. The lowest BCUT2D eigenvalue weighted by atomic mass is 9.80. The SMILES string of the molecule is [2H]C([2H])([2H])N1C([2H])([2H])C([2H])([2H])N(c2ccc(B3OC(C)(C)C(C)(C)O3)cn2)C([2H])([2H])C1([2H])[2H]. The molecule has 0 aliphatic carbocycles. The van der Waals surface area contributed by atoms with Gasteiger partial charge in [0.2, 0.25) is 0 Å². The molecule has 3 rings (SSSR count). The minimum atomic E-state index is -3.46. The number of pyridine rings is 1. The molecule has 2 saturated heterocycles. The van der Waals surface area contributed by atoms with Gasteiger partial charge >= 0.3 is 7.12 Å². The van der Waals surface area contributed by atoms with E-state index in [4.69, 9.17) is 24.4 Å². The summed E-state index contributed by atoms with van der Waals surface area (Å²) >= 11 is 0. The first kappa shape index (κ1) is 7.20. The Bertz CT molecular complexity index is 877. The van der Waals surface area contributed by atoms with Gasteiger partial charge in [0.25, 0.3) is 0 Å². The zero-order chi connectivity index (χ0) is 25.6. The van der Waals surface area contributed by atoms with E-state index in [0.717, 1.165) is 0 Å². The Hall–Kier alpha value is -1.11. The molecule has 0 saturated carbocycles. The highest BCUT2D eigenvalue weighted by Crippen LogP contribution is 2.36. The van der Waals surface area contributed by atoms with E-state index in [-0.39, 0.29) is 9.80 Å². The largest absolute Gasteiger partial charge is 0.496 e. The average Bonchev–Trinajstić information content (AvgIpc) is 2.79. The van der Waals surface area contributed by atoms with Crippen LogP contribution in [0.1, 0.15) is 42.8 Å². The summed E-state index contributed by atoms with van der Waals surface area (Å²) in [5, 5.41) is 0. The van der Waals surface area contributed by atoms with E-state index < -0.39 is 57.1 Å². The second-order valence-electron chi connectivity index (χ2n) is 6.16. The van der Waals surface area contributed by atoms with Crippen molar-refractivity contribution in [3.05, 3.63) is 18.3 Å². The van der Waals surface area contributed by atoms with Crippen molar-refractivity contribution in [1.82, 2.24) is 9.88 Å². The molecule has 3 heterocycles. The number of likely N-dealkylation sites (N-methyl/N-ethyl adjacent to an activating group) is 1. The molecule has 120 valence electrons. The van der Waals surface area contributed by atoms with E-state index in [1.165, 1.54) is 18.3 Å². The number of nitrogens with zero attached hydrogens (tertiary/aromatic N) is 3. The van der Waals surface area contributed by atoms with Crippen LogP contribution in [0.5, 0.6) is 0 Å². The Morgan fingerprint density at radius 2 is 1.77 bits per heavy atom. The zero-order valence-corrected chi connectivity index (χ0v) is 13.0. The predicted molar refractivity (Wildman–Crippen MR) is 89.7 cm³/mol. The van der Waals surface area contributed by atoms with Gasteiger partial charge in [0.1, 0.15) is 5.82 Å². The van der Waals surface area contributed by atoms with E-state index >= 15 is 0 Å². The summed E-state index contributed by atoms with van der Waals surface area (Å²) in [7, 11) is -0.810. The van der Waals surface area contributed by atoms with E-state index in [0.29, 0.717) is 5.46 Å². The van der Waals surface area contributed by atoms with Gasteiger partial charge in [-0.15, -0.1) is 0 Å². The molecule has 0 aromatic carbocycles. The first-order valence-corrected chi connectivity index (χ1v) is 6.94. The van der Waals surface area contributed by atoms with Crippen LogP contribution >= 0.6 is 0 Å². The lowest BCUT2D eigenvalue weighted by Crippen LogP contribution is -2.45. The summed E-state index contributed by atoms with van der Waals surface area (Å²) in [6.45, 7) is -9.62. The van der Waals surface area contributed by atoms with Crippen LogP contribution in [0.2, 0.25) is 0 Å². The van der Waals surface area contributed by atoms with E-state index in [9.17, 15) is 0 Å². The Kier molecular flexibility index (Phi) is 1.80. The monoisotopic (exact) mass is 314 g/mol. The van der Waals surface area contributed by atoms with Gasteiger partial charge in [-0.25, -0.2) is 4.98 Å². The fourth-order valence-electron chi connectivity index (χ4n) is 2.02. The summed E-state index contributed by atoms with van der Waals surface area (Å²) in [5.41, 5.74) is -0.836. The molecule has 1 aromatic heterocycles. The van der Waals surface area contributed by atoms with Crippen LogP contribution < -0.4 is 10.4 Å². The average molecular weight is 314 g/mol. The molecule has 6 heteroatoms. The number of hydrogen-bond acceptors (Lipinski definition) is 5. The van der Waals surface area contributed by atoms with Crippen LogP contribution in [0.15, 0.2) is 18.3 Å². The maximum absolute atomic E-state index is 8.32. The lowest BCUT2D eigenvalue weighted by molar-refractivity contribution is 0.00578. The van der Waals surface area contributed by atoms with Gasteiger partial charge in [-0.3, -0.25) is 0 Å². The Morgan fingerprint density at radius 3 is 2.27 bits per heavy atom. The van der Waals surface area contributed by atoms with Crippen molar-refractivity contribution in [1.29, 1.82) is 0 Å². The molecule has 0 amide bonds. The second-order valence-corrected chi connectivity index (χ2v) is 6.16. The third-order valence-corrected chi connectivity index (χ3v) is 4.07. The molecule has 5 nitrogen and oxygen atoms in total. The van der Waals surface area contributed by atoms with Crippen LogP contribution in [0.4, 0.5) is 5.82 Å². The van der Waals surface area contributed by atoms with E-state index in [1.807, 2.05) is 27.7 Å². The fourth-order valence-corrected chi connectivity index (χ4v) is 2.02. The smallest absolute Gasteiger partial charge is 0.399 e. The highest BCUT2D eigenvalue weighted by Gasteiger charge is 2.51. The minimum absolute atomic E-state index is 0.205. The number of aromatic nitrogens is 1. The van der Waals surface area contributed by atoms with Crippen LogP contribution in [0.25, 0.3) is 0 Å². The number of rotatable bonds is 2. The quantitative estimate of drug-likeness (QED) is 0.765. The van der Waals surface area contributed by atoms with Crippen LogP contribution in [-0.4, -0.2) is 61.2 Å². The van der Waals surface area contributed by atoms with Crippen molar-refractivity contribution in [3.63, 3.8) is 0 Å². The number of hydrogen-bond donors (Lipinski definition) is 0. The van der Waals surface area contributed by atoms with Gasteiger partial charge < -0.3 is 19.1 Å². The Labute approximate surface area is 149 Å². The van der Waals surface area contributed by atoms with Gasteiger partial charge in [0.05, 0.1) is 16.7 Å². The second kappa shape index (κ2) is 5.51. The normalized spacial score (nSPS) is 41.9. The molecule has 2 aliphatic heterocycles. The van der Waals surface area contributed by atoms with Crippen molar-refractivity contribution < 1.29 is 24.4 Å². The standard InChI is InChI=1S/C16H26BN3O2/c1-15(2)16(3,4)22-17(21-15)13-6-7-14(18-12-13)20-10-8-19(5)9-11-20/h6-7,12H,8-11H2,1-5H3/i5D3,8D2,9D2,10D2,11D2. The summed E-state index contributed by atoms with van der Waals surface area (Å²) in [5.74, 6) is -0.428. The van der Waals surface area contributed by atoms with Gasteiger partial charge in [-0.05, 0) is 40.7 Å². The van der Waals surface area contributed by atoms with Crippen molar-refractivity contribution in [2.45, 2.75) is 38.9 Å². The molecule has 0 atom stereocenters. The minimum Gasteiger partial charge on any atom is -0.399 e. The van der Waals surface area contributed by atoms with Crippen LogP contribution in [0, 0.1) is 0 Å². The van der Waals surface area contributed by atoms with Crippen molar-refractivity contribution >= 4 is 18.4 Å². The van der Waals surface area contributed by atoms with Gasteiger partial charge in [0.15, 0.2) is 0 Å². The third kappa shape index (κ3) is 2.87. The molecule has 22 heavy (non-hydrogen) atoms. The molecule has 0 unspecified atom stereocenters. The molecule has 0 bridgehead atoms. The highest BCUT2D eigenvalue weighted by atomic mass is 16.7. The zero-order valence-electron chi connectivity index (χ0n) is 24.0. The molecule has 2 aliphatic rings. The van der Waals surface area contributed by atoms with Gasteiger partial charge in [-0.2, -0.15) is 0 Å². The maximum Gasteiger partial charge on any atom is 0.496 e. The third-order valence-electron chi connectivity index (χ3n) is 4.07. The molecular formula is C16H26BN3O2. The number of piperazine rings is 1. The molecule has 0 N–H and O–H groups in total. The van der Waals surface area contributed by atoms with Crippen molar-refractivity contribution in [2.24, 2.45) is 0 Å². The highest BCUT2D eigenvalue weighted by molar-refractivity contribution is 6.62. The summed E-state index contributed by atoms with van der Waals surface area (Å²) in [6.07, 6.45) is 1.24. The van der Waals surface area contributed by atoms with E-state index in [2.05, 4.69) is 4.98 Å². The van der Waals surface area contributed by atoms with Crippen molar-refractivity contribution in [2.75, 3.05) is 37.9 Å². The van der Waals surface area contributed by atoms with Crippen LogP contribution in [-0.2, 0) is 9.31 Å². The Balaban J connectivity index is 2.06. The van der Waals surface area contributed by atoms with Crippen molar-refractivity contribution in [3.8, 4) is 0 Å². The van der Waals surface area contributed by atoms with Gasteiger partial charge in [0, 0.05) is 47.2 Å². The van der Waals surface area contributed by atoms with E-state index in [1.54, 1.807) is 0 Å². The molecule has 0 spiro atoms. The first-order chi connectivity index (χ1) is 14.5. The summed E-state index contributed by atoms with van der Waals surface area (Å²) in [4.78, 5) is 3.88. The molecular weight excluding hydrogens is 277 g/mol. The molecule has 1 aromatic rings. The molecule has 0 radical (unpaired) electrons. The lowest BCUT2D eigenvalue weighted by Gasteiger charge is -2.33. The predicted octanol–water partition coefficient (Wildman–Crippen LogP) is 1.13. The maximum atomic E-state index is 8.32. The summed E-state index contributed by atoms with van der Waals surface area (Å²) < 4.78 is 100. The Morgan fingerprint density at radius 1 is 1.14 bits per heavy atom. The summed E-state index contributed by atoms with van der Waals surface area (Å²) in [6, 6.07) is 2.62. The topological polar surface area (TPSA) is 37.8 Å².